The van der Waals surface area contributed by atoms with E-state index in [1.54, 1.807) is 0 Å². The molecule has 0 radical (unpaired) electrons. The largest absolute Gasteiger partial charge is 0.350 e. The number of carbonyl (C=O) groups excluding carboxylic acids is 2. The number of carbonyl (C=O) groups is 2. The summed E-state index contributed by atoms with van der Waals surface area (Å²) in [6.45, 7) is 7.55. The topological polar surface area (TPSA) is 58.2 Å². The Hall–Kier alpha value is -1.58. The second kappa shape index (κ2) is 7.68. The number of amides is 2. The minimum atomic E-state index is -0.163. The summed E-state index contributed by atoms with van der Waals surface area (Å²) in [5.41, 5.74) is 0. The summed E-state index contributed by atoms with van der Waals surface area (Å²) in [5.74, 6) is -0.326. The molecule has 0 fully saturated rings. The number of allylic oxidation sites excluding steroid dienone is 2. The van der Waals surface area contributed by atoms with Crippen LogP contribution in [-0.4, -0.2) is 23.9 Å². The summed E-state index contributed by atoms with van der Waals surface area (Å²) in [7, 11) is 0. The maximum absolute atomic E-state index is 11.1. The van der Waals surface area contributed by atoms with Gasteiger partial charge in [0, 0.05) is 24.2 Å². The molecule has 0 heterocycles. The monoisotopic (exact) mass is 224 g/mol. The van der Waals surface area contributed by atoms with Gasteiger partial charge in [-0.15, -0.1) is 0 Å². The standard InChI is InChI=1S/C12H20N2O2/c1-9(2)13-11(15)7-5-6-8-12(16)14-10(3)4/h5-10H,1-4H3,(H,13,15)(H,14,16)/b7-5-,8-6-. The van der Waals surface area contributed by atoms with Crippen molar-refractivity contribution in [1.29, 1.82) is 0 Å². The molecule has 0 bridgehead atoms. The van der Waals surface area contributed by atoms with Gasteiger partial charge in [0.25, 0.3) is 0 Å². The Kier molecular flexibility index (Phi) is 6.92. The fourth-order valence-electron chi connectivity index (χ4n) is 0.951. The Labute approximate surface area is 96.8 Å². The van der Waals surface area contributed by atoms with E-state index >= 15 is 0 Å². The lowest BCUT2D eigenvalue weighted by Crippen LogP contribution is -2.28. The molecule has 0 saturated carbocycles. The van der Waals surface area contributed by atoms with Crippen molar-refractivity contribution in [3.8, 4) is 0 Å². The third kappa shape index (κ3) is 8.99. The van der Waals surface area contributed by atoms with E-state index in [-0.39, 0.29) is 23.9 Å². The van der Waals surface area contributed by atoms with Crippen LogP contribution in [-0.2, 0) is 9.59 Å². The molecule has 4 nitrogen and oxygen atoms in total. The normalized spacial score (nSPS) is 11.6. The molecule has 0 aliphatic heterocycles. The van der Waals surface area contributed by atoms with E-state index in [1.165, 1.54) is 24.3 Å². The smallest absolute Gasteiger partial charge is 0.244 e. The fraction of sp³-hybridized carbons (Fsp3) is 0.500. The second-order valence-corrected chi connectivity index (χ2v) is 4.04. The zero-order chi connectivity index (χ0) is 12.6. The van der Waals surface area contributed by atoms with E-state index in [4.69, 9.17) is 0 Å². The van der Waals surface area contributed by atoms with Crippen LogP contribution in [0.3, 0.4) is 0 Å². The van der Waals surface area contributed by atoms with Crippen LogP contribution < -0.4 is 10.6 Å². The van der Waals surface area contributed by atoms with Crippen molar-refractivity contribution in [2.45, 2.75) is 39.8 Å². The molecule has 0 aliphatic carbocycles. The van der Waals surface area contributed by atoms with Crippen LogP contribution in [0.4, 0.5) is 0 Å². The van der Waals surface area contributed by atoms with Gasteiger partial charge >= 0.3 is 0 Å². The first-order chi connectivity index (χ1) is 7.41. The Bertz CT molecular complexity index is 261. The lowest BCUT2D eigenvalue weighted by Gasteiger charge is -2.04. The van der Waals surface area contributed by atoms with E-state index in [2.05, 4.69) is 10.6 Å². The van der Waals surface area contributed by atoms with Crippen molar-refractivity contribution in [1.82, 2.24) is 10.6 Å². The Morgan fingerprint density at radius 3 is 1.38 bits per heavy atom. The molecule has 0 aromatic carbocycles. The van der Waals surface area contributed by atoms with Gasteiger partial charge in [-0.25, -0.2) is 0 Å². The molecule has 0 spiro atoms. The van der Waals surface area contributed by atoms with E-state index in [0.717, 1.165) is 0 Å². The van der Waals surface area contributed by atoms with Crippen molar-refractivity contribution in [2.24, 2.45) is 0 Å². The highest BCUT2D eigenvalue weighted by atomic mass is 16.2. The van der Waals surface area contributed by atoms with Gasteiger partial charge in [0.05, 0.1) is 0 Å². The fourth-order valence-corrected chi connectivity index (χ4v) is 0.951. The molecule has 2 N–H and O–H groups in total. The average molecular weight is 224 g/mol. The Morgan fingerprint density at radius 1 is 0.812 bits per heavy atom. The Balaban J connectivity index is 3.95. The second-order valence-electron chi connectivity index (χ2n) is 4.04. The van der Waals surface area contributed by atoms with E-state index < -0.39 is 0 Å². The molecule has 4 heteroatoms. The van der Waals surface area contributed by atoms with Gasteiger partial charge in [-0.2, -0.15) is 0 Å². The maximum atomic E-state index is 11.1. The van der Waals surface area contributed by atoms with Crippen LogP contribution >= 0.6 is 0 Å². The van der Waals surface area contributed by atoms with Gasteiger partial charge in [0.15, 0.2) is 0 Å². The van der Waals surface area contributed by atoms with Gasteiger partial charge in [-0.3, -0.25) is 9.59 Å². The first-order valence-corrected chi connectivity index (χ1v) is 5.37. The first-order valence-electron chi connectivity index (χ1n) is 5.37. The minimum absolute atomic E-state index is 0.116. The summed E-state index contributed by atoms with van der Waals surface area (Å²) >= 11 is 0. The summed E-state index contributed by atoms with van der Waals surface area (Å²) in [6, 6.07) is 0.232. The molecular weight excluding hydrogens is 204 g/mol. The van der Waals surface area contributed by atoms with Crippen molar-refractivity contribution in [3.63, 3.8) is 0 Å². The van der Waals surface area contributed by atoms with E-state index in [9.17, 15) is 9.59 Å². The summed E-state index contributed by atoms with van der Waals surface area (Å²) in [4.78, 5) is 22.3. The molecule has 0 aromatic heterocycles. The molecule has 90 valence electrons. The van der Waals surface area contributed by atoms with Gasteiger partial charge in [0.1, 0.15) is 0 Å². The van der Waals surface area contributed by atoms with E-state index in [0.29, 0.717) is 0 Å². The lowest BCUT2D eigenvalue weighted by atomic mass is 10.3. The summed E-state index contributed by atoms with van der Waals surface area (Å²) in [6.07, 6.45) is 5.85. The molecule has 2 amide bonds. The van der Waals surface area contributed by atoms with Gasteiger partial charge in [0.2, 0.25) is 11.8 Å². The highest BCUT2D eigenvalue weighted by Gasteiger charge is 1.97. The zero-order valence-electron chi connectivity index (χ0n) is 10.3. The molecule has 0 rings (SSSR count). The first kappa shape index (κ1) is 14.4. The molecule has 0 saturated heterocycles. The van der Waals surface area contributed by atoms with Crippen LogP contribution in [0.5, 0.6) is 0 Å². The molecule has 0 aliphatic rings. The molecule has 0 aromatic rings. The van der Waals surface area contributed by atoms with Crippen LogP contribution in [0, 0.1) is 0 Å². The van der Waals surface area contributed by atoms with Gasteiger partial charge in [-0.1, -0.05) is 12.2 Å². The number of nitrogens with one attached hydrogen (secondary N) is 2. The maximum Gasteiger partial charge on any atom is 0.244 e. The van der Waals surface area contributed by atoms with Gasteiger partial charge in [-0.05, 0) is 27.7 Å². The van der Waals surface area contributed by atoms with Crippen LogP contribution in [0.25, 0.3) is 0 Å². The van der Waals surface area contributed by atoms with Gasteiger partial charge < -0.3 is 10.6 Å². The van der Waals surface area contributed by atoms with Crippen LogP contribution in [0.2, 0.25) is 0 Å². The summed E-state index contributed by atoms with van der Waals surface area (Å²) < 4.78 is 0. The van der Waals surface area contributed by atoms with Crippen molar-refractivity contribution >= 4 is 11.8 Å². The number of hydrogen-bond donors (Lipinski definition) is 2. The van der Waals surface area contributed by atoms with Crippen LogP contribution in [0.1, 0.15) is 27.7 Å². The third-order valence-corrected chi connectivity index (χ3v) is 1.47. The predicted octanol–water partition coefficient (Wildman–Crippen LogP) is 1.15. The van der Waals surface area contributed by atoms with Crippen molar-refractivity contribution < 1.29 is 9.59 Å². The predicted molar refractivity (Wildman–Crippen MR) is 64.8 cm³/mol. The zero-order valence-corrected chi connectivity index (χ0v) is 10.3. The summed E-state index contributed by atoms with van der Waals surface area (Å²) in [5, 5.41) is 5.41. The highest BCUT2D eigenvalue weighted by molar-refractivity contribution is 5.89. The van der Waals surface area contributed by atoms with Crippen LogP contribution in [0.15, 0.2) is 24.3 Å². The molecule has 16 heavy (non-hydrogen) atoms. The third-order valence-electron chi connectivity index (χ3n) is 1.47. The van der Waals surface area contributed by atoms with Crippen molar-refractivity contribution in [3.05, 3.63) is 24.3 Å². The molecule has 0 atom stereocenters. The Morgan fingerprint density at radius 2 is 1.12 bits per heavy atom. The van der Waals surface area contributed by atoms with E-state index in [1.807, 2.05) is 27.7 Å². The lowest BCUT2D eigenvalue weighted by molar-refractivity contribution is -0.117. The number of rotatable bonds is 5. The average Bonchev–Trinajstić information content (AvgIpc) is 2.10. The number of hydrogen-bond acceptors (Lipinski definition) is 2. The molecular formula is C12H20N2O2. The quantitative estimate of drug-likeness (QED) is 0.543. The highest BCUT2D eigenvalue weighted by Crippen LogP contribution is 1.83. The minimum Gasteiger partial charge on any atom is -0.350 e. The SMILES string of the molecule is CC(C)NC(=O)/C=C\C=C/C(=O)NC(C)C. The van der Waals surface area contributed by atoms with Crippen molar-refractivity contribution in [2.75, 3.05) is 0 Å². The molecule has 0 unspecified atom stereocenters.